The first-order valence-corrected chi connectivity index (χ1v) is 5.24. The van der Waals surface area contributed by atoms with Crippen molar-refractivity contribution in [2.24, 2.45) is 5.41 Å². The molecule has 90 valence electrons. The molecule has 0 saturated carbocycles. The second kappa shape index (κ2) is 5.12. The van der Waals surface area contributed by atoms with Gasteiger partial charge in [0.05, 0.1) is 12.6 Å². The average Bonchev–Trinajstić information content (AvgIpc) is 2.67. The van der Waals surface area contributed by atoms with E-state index >= 15 is 0 Å². The number of carbonyl (C=O) groups is 1. The Balaban J connectivity index is 2.54. The molecule has 0 aromatic carbocycles. The lowest BCUT2D eigenvalue weighted by Crippen LogP contribution is -2.40. The second-order valence-electron chi connectivity index (χ2n) is 5.00. The molecule has 0 saturated heterocycles. The monoisotopic (exact) mass is 226 g/mol. The summed E-state index contributed by atoms with van der Waals surface area (Å²) in [5, 5.41) is 15.4. The quantitative estimate of drug-likeness (QED) is 0.809. The molecule has 5 heteroatoms. The molecular weight excluding hydrogens is 208 g/mol. The molecule has 0 aliphatic carbocycles. The molecule has 5 nitrogen and oxygen atoms in total. The molecule has 1 aromatic heterocycles. The van der Waals surface area contributed by atoms with Crippen molar-refractivity contribution in [3.8, 4) is 0 Å². The van der Waals surface area contributed by atoms with Crippen molar-refractivity contribution < 1.29 is 14.4 Å². The van der Waals surface area contributed by atoms with Gasteiger partial charge in [-0.15, -0.1) is 0 Å². The van der Waals surface area contributed by atoms with Gasteiger partial charge in [-0.25, -0.2) is 0 Å². The van der Waals surface area contributed by atoms with E-state index in [9.17, 15) is 9.90 Å². The minimum atomic E-state index is -0.322. The van der Waals surface area contributed by atoms with Crippen LogP contribution in [-0.2, 0) is 0 Å². The Morgan fingerprint density at radius 2 is 2.31 bits per heavy atom. The van der Waals surface area contributed by atoms with Gasteiger partial charge in [0.2, 0.25) is 0 Å². The van der Waals surface area contributed by atoms with Crippen molar-refractivity contribution in [3.05, 3.63) is 18.0 Å². The SMILES string of the molecule is CC(C)(C)CC(CO)NC(=O)c1ccon1. The summed E-state index contributed by atoms with van der Waals surface area (Å²) in [7, 11) is 0. The van der Waals surface area contributed by atoms with Crippen molar-refractivity contribution in [2.45, 2.75) is 33.2 Å². The largest absolute Gasteiger partial charge is 0.394 e. The van der Waals surface area contributed by atoms with E-state index in [0.717, 1.165) is 0 Å². The summed E-state index contributed by atoms with van der Waals surface area (Å²) in [5.41, 5.74) is 0.275. The summed E-state index contributed by atoms with van der Waals surface area (Å²) < 4.78 is 4.58. The number of aliphatic hydroxyl groups excluding tert-OH is 1. The predicted molar refractivity (Wildman–Crippen MR) is 58.9 cm³/mol. The number of aliphatic hydroxyl groups is 1. The van der Waals surface area contributed by atoms with Crippen molar-refractivity contribution in [3.63, 3.8) is 0 Å². The Bertz CT molecular complexity index is 327. The normalized spacial score (nSPS) is 13.5. The molecule has 0 aliphatic rings. The van der Waals surface area contributed by atoms with Crippen LogP contribution in [0.15, 0.2) is 16.9 Å². The van der Waals surface area contributed by atoms with E-state index in [2.05, 4.69) is 35.8 Å². The van der Waals surface area contributed by atoms with Gasteiger partial charge in [0.15, 0.2) is 5.69 Å². The summed E-state index contributed by atoms with van der Waals surface area (Å²) in [4.78, 5) is 11.6. The lowest BCUT2D eigenvalue weighted by Gasteiger charge is -2.25. The third kappa shape index (κ3) is 4.02. The molecule has 1 atom stereocenters. The van der Waals surface area contributed by atoms with Gasteiger partial charge in [0.1, 0.15) is 6.26 Å². The van der Waals surface area contributed by atoms with E-state index in [0.29, 0.717) is 6.42 Å². The van der Waals surface area contributed by atoms with Gasteiger partial charge >= 0.3 is 0 Å². The molecule has 16 heavy (non-hydrogen) atoms. The maximum absolute atomic E-state index is 11.6. The fourth-order valence-corrected chi connectivity index (χ4v) is 1.49. The standard InChI is InChI=1S/C11H18N2O3/c1-11(2,3)6-8(7-14)12-10(15)9-4-5-16-13-9/h4-5,8,14H,6-7H2,1-3H3,(H,12,15). The number of hydrogen-bond donors (Lipinski definition) is 2. The third-order valence-corrected chi connectivity index (χ3v) is 2.08. The summed E-state index contributed by atoms with van der Waals surface area (Å²) in [5.74, 6) is -0.322. The van der Waals surface area contributed by atoms with Crippen LogP contribution in [0.1, 0.15) is 37.7 Å². The highest BCUT2D eigenvalue weighted by molar-refractivity contribution is 5.92. The number of carbonyl (C=O) groups excluding carboxylic acids is 1. The van der Waals surface area contributed by atoms with Crippen LogP contribution in [0.3, 0.4) is 0 Å². The maximum atomic E-state index is 11.6. The Morgan fingerprint density at radius 1 is 1.62 bits per heavy atom. The second-order valence-corrected chi connectivity index (χ2v) is 5.00. The van der Waals surface area contributed by atoms with Crippen molar-refractivity contribution in [1.82, 2.24) is 10.5 Å². The van der Waals surface area contributed by atoms with E-state index in [1.165, 1.54) is 12.3 Å². The first-order valence-electron chi connectivity index (χ1n) is 5.24. The van der Waals surface area contributed by atoms with Crippen LogP contribution in [0.2, 0.25) is 0 Å². The Morgan fingerprint density at radius 3 is 2.75 bits per heavy atom. The number of nitrogens with zero attached hydrogens (tertiary/aromatic N) is 1. The highest BCUT2D eigenvalue weighted by Crippen LogP contribution is 2.20. The van der Waals surface area contributed by atoms with Crippen LogP contribution < -0.4 is 5.32 Å². The highest BCUT2D eigenvalue weighted by Gasteiger charge is 2.21. The van der Waals surface area contributed by atoms with Gasteiger partial charge in [-0.1, -0.05) is 25.9 Å². The van der Waals surface area contributed by atoms with E-state index in [4.69, 9.17) is 0 Å². The van der Waals surface area contributed by atoms with Gasteiger partial charge in [0, 0.05) is 6.07 Å². The molecule has 0 bridgehead atoms. The predicted octanol–water partition coefficient (Wildman–Crippen LogP) is 1.20. The fourth-order valence-electron chi connectivity index (χ4n) is 1.49. The van der Waals surface area contributed by atoms with E-state index in [1.54, 1.807) is 0 Å². The van der Waals surface area contributed by atoms with E-state index in [-0.39, 0.29) is 29.7 Å². The van der Waals surface area contributed by atoms with Crippen molar-refractivity contribution >= 4 is 5.91 Å². The number of hydrogen-bond acceptors (Lipinski definition) is 4. The topological polar surface area (TPSA) is 75.4 Å². The first-order chi connectivity index (χ1) is 7.42. The molecule has 1 rings (SSSR count). The molecule has 1 amide bonds. The minimum Gasteiger partial charge on any atom is -0.394 e. The van der Waals surface area contributed by atoms with Crippen LogP contribution in [-0.4, -0.2) is 28.8 Å². The van der Waals surface area contributed by atoms with Crippen LogP contribution >= 0.6 is 0 Å². The molecule has 0 spiro atoms. The van der Waals surface area contributed by atoms with Crippen LogP contribution in [0.25, 0.3) is 0 Å². The summed E-state index contributed by atoms with van der Waals surface area (Å²) >= 11 is 0. The third-order valence-electron chi connectivity index (χ3n) is 2.08. The van der Waals surface area contributed by atoms with Crippen molar-refractivity contribution in [2.75, 3.05) is 6.61 Å². The average molecular weight is 226 g/mol. The molecule has 0 fully saturated rings. The zero-order valence-electron chi connectivity index (χ0n) is 9.86. The molecule has 0 aliphatic heterocycles. The molecule has 0 radical (unpaired) electrons. The maximum Gasteiger partial charge on any atom is 0.273 e. The summed E-state index contributed by atoms with van der Waals surface area (Å²) in [6.45, 7) is 6.08. The van der Waals surface area contributed by atoms with Crippen LogP contribution in [0.4, 0.5) is 0 Å². The van der Waals surface area contributed by atoms with E-state index < -0.39 is 0 Å². The minimum absolute atomic E-state index is 0.0461. The Kier molecular flexibility index (Phi) is 4.06. The number of nitrogens with one attached hydrogen (secondary N) is 1. The number of aromatic nitrogens is 1. The van der Waals surface area contributed by atoms with Gasteiger partial charge in [-0.2, -0.15) is 0 Å². The van der Waals surface area contributed by atoms with Crippen molar-refractivity contribution in [1.29, 1.82) is 0 Å². The molecular formula is C11H18N2O3. The summed E-state index contributed by atoms with van der Waals surface area (Å²) in [6.07, 6.45) is 2.04. The van der Waals surface area contributed by atoms with Gasteiger partial charge in [0.25, 0.3) is 5.91 Å². The number of amides is 1. The zero-order valence-corrected chi connectivity index (χ0v) is 9.86. The summed E-state index contributed by atoms with van der Waals surface area (Å²) in [6, 6.07) is 1.23. The Labute approximate surface area is 94.8 Å². The number of rotatable bonds is 4. The van der Waals surface area contributed by atoms with E-state index in [1.807, 2.05) is 0 Å². The smallest absolute Gasteiger partial charge is 0.273 e. The van der Waals surface area contributed by atoms with Gasteiger partial charge in [-0.3, -0.25) is 4.79 Å². The molecule has 1 heterocycles. The Hall–Kier alpha value is -1.36. The molecule has 2 N–H and O–H groups in total. The lowest BCUT2D eigenvalue weighted by atomic mass is 9.88. The van der Waals surface area contributed by atoms with Gasteiger partial charge < -0.3 is 14.9 Å². The van der Waals surface area contributed by atoms with Gasteiger partial charge in [-0.05, 0) is 11.8 Å². The first kappa shape index (κ1) is 12.7. The molecule has 1 aromatic rings. The van der Waals surface area contributed by atoms with Crippen LogP contribution in [0.5, 0.6) is 0 Å². The highest BCUT2D eigenvalue weighted by atomic mass is 16.5. The lowest BCUT2D eigenvalue weighted by molar-refractivity contribution is 0.0888. The molecule has 1 unspecified atom stereocenters. The zero-order chi connectivity index (χ0) is 12.2. The van der Waals surface area contributed by atoms with Crippen LogP contribution in [0, 0.1) is 5.41 Å². The fraction of sp³-hybridized carbons (Fsp3) is 0.636.